The van der Waals surface area contributed by atoms with Crippen LogP contribution in [0.3, 0.4) is 0 Å². The van der Waals surface area contributed by atoms with Gasteiger partial charge in [-0.25, -0.2) is 8.42 Å². The standard InChI is InChI=1S/C13H19BrN2O2S/c1-9-7-12(3-4-13(9)14)19(17,18)16-6-5-11(15)8-10(16)2/h3-4,7,10-11H,5-6,8,15H2,1-2H3/t10-,11+/m0/s1. The third-order valence-corrected chi connectivity index (χ3v) is 6.49. The van der Waals surface area contributed by atoms with E-state index in [0.717, 1.165) is 22.9 Å². The van der Waals surface area contributed by atoms with E-state index in [9.17, 15) is 8.42 Å². The maximum atomic E-state index is 12.6. The molecule has 2 atom stereocenters. The lowest BCUT2D eigenvalue weighted by atomic mass is 10.0. The van der Waals surface area contributed by atoms with E-state index in [1.54, 1.807) is 22.5 Å². The number of hydrogen-bond acceptors (Lipinski definition) is 3. The Morgan fingerprint density at radius 2 is 2.11 bits per heavy atom. The van der Waals surface area contributed by atoms with Crippen LogP contribution in [0.25, 0.3) is 0 Å². The Hall–Kier alpha value is -0.430. The topological polar surface area (TPSA) is 63.4 Å². The maximum absolute atomic E-state index is 12.6. The molecule has 0 amide bonds. The summed E-state index contributed by atoms with van der Waals surface area (Å²) in [5.74, 6) is 0. The first-order chi connectivity index (χ1) is 8.82. The molecule has 106 valence electrons. The molecule has 1 aliphatic rings. The van der Waals surface area contributed by atoms with Gasteiger partial charge in [0.15, 0.2) is 0 Å². The van der Waals surface area contributed by atoms with Gasteiger partial charge >= 0.3 is 0 Å². The highest BCUT2D eigenvalue weighted by Gasteiger charge is 2.33. The van der Waals surface area contributed by atoms with Crippen LogP contribution in [-0.2, 0) is 10.0 Å². The summed E-state index contributed by atoms with van der Waals surface area (Å²) >= 11 is 3.39. The van der Waals surface area contributed by atoms with Crippen LogP contribution in [-0.4, -0.2) is 31.4 Å². The molecule has 2 rings (SSSR count). The molecule has 4 nitrogen and oxygen atoms in total. The molecular weight excluding hydrogens is 328 g/mol. The number of rotatable bonds is 2. The molecule has 1 aliphatic heterocycles. The third-order valence-electron chi connectivity index (χ3n) is 3.59. The number of nitrogens with zero attached hydrogens (tertiary/aromatic N) is 1. The number of benzene rings is 1. The van der Waals surface area contributed by atoms with Crippen molar-refractivity contribution in [2.45, 2.75) is 43.7 Å². The molecule has 0 bridgehead atoms. The van der Waals surface area contributed by atoms with E-state index in [1.807, 2.05) is 13.8 Å². The molecule has 19 heavy (non-hydrogen) atoms. The summed E-state index contributed by atoms with van der Waals surface area (Å²) in [6.07, 6.45) is 1.44. The van der Waals surface area contributed by atoms with E-state index in [4.69, 9.17) is 5.73 Å². The van der Waals surface area contributed by atoms with Crippen LogP contribution in [0.15, 0.2) is 27.6 Å². The lowest BCUT2D eigenvalue weighted by molar-refractivity contribution is 0.247. The van der Waals surface area contributed by atoms with Gasteiger partial charge in [0, 0.05) is 23.1 Å². The smallest absolute Gasteiger partial charge is 0.243 e. The van der Waals surface area contributed by atoms with Gasteiger partial charge in [-0.3, -0.25) is 0 Å². The largest absolute Gasteiger partial charge is 0.328 e. The first kappa shape index (κ1) is 15.0. The molecule has 0 unspecified atom stereocenters. The van der Waals surface area contributed by atoms with Crippen LogP contribution in [0.1, 0.15) is 25.3 Å². The summed E-state index contributed by atoms with van der Waals surface area (Å²) in [5, 5.41) is 0. The zero-order valence-electron chi connectivity index (χ0n) is 11.1. The Kier molecular flexibility index (Phi) is 4.35. The highest BCUT2D eigenvalue weighted by Crippen LogP contribution is 2.27. The van der Waals surface area contributed by atoms with Crippen LogP contribution < -0.4 is 5.73 Å². The van der Waals surface area contributed by atoms with E-state index in [0.29, 0.717) is 11.4 Å². The fourth-order valence-electron chi connectivity index (χ4n) is 2.46. The summed E-state index contributed by atoms with van der Waals surface area (Å²) in [5.41, 5.74) is 6.80. The van der Waals surface area contributed by atoms with E-state index in [1.165, 1.54) is 0 Å². The molecule has 0 aromatic heterocycles. The number of aryl methyl sites for hydroxylation is 1. The average molecular weight is 347 g/mol. The molecule has 0 spiro atoms. The van der Waals surface area contributed by atoms with Crippen molar-refractivity contribution < 1.29 is 8.42 Å². The second-order valence-electron chi connectivity index (χ2n) is 5.16. The van der Waals surface area contributed by atoms with Crippen molar-refractivity contribution in [3.8, 4) is 0 Å². The van der Waals surface area contributed by atoms with Gasteiger partial charge in [-0.05, 0) is 50.5 Å². The van der Waals surface area contributed by atoms with Crippen molar-refractivity contribution in [3.63, 3.8) is 0 Å². The monoisotopic (exact) mass is 346 g/mol. The Morgan fingerprint density at radius 3 is 2.68 bits per heavy atom. The number of halogens is 1. The minimum Gasteiger partial charge on any atom is -0.328 e. The normalized spacial score (nSPS) is 25.5. The lowest BCUT2D eigenvalue weighted by Crippen LogP contribution is -2.48. The number of nitrogens with two attached hydrogens (primary N) is 1. The van der Waals surface area contributed by atoms with Crippen molar-refractivity contribution >= 4 is 26.0 Å². The highest BCUT2D eigenvalue weighted by atomic mass is 79.9. The van der Waals surface area contributed by atoms with Gasteiger partial charge in [0.05, 0.1) is 4.90 Å². The molecule has 1 aromatic carbocycles. The summed E-state index contributed by atoms with van der Waals surface area (Å²) in [6.45, 7) is 4.31. The fraction of sp³-hybridized carbons (Fsp3) is 0.538. The fourth-order valence-corrected chi connectivity index (χ4v) is 4.45. The lowest BCUT2D eigenvalue weighted by Gasteiger charge is -2.35. The van der Waals surface area contributed by atoms with Crippen molar-refractivity contribution in [1.29, 1.82) is 0 Å². The number of hydrogen-bond donors (Lipinski definition) is 1. The van der Waals surface area contributed by atoms with E-state index in [-0.39, 0.29) is 12.1 Å². The summed E-state index contributed by atoms with van der Waals surface area (Å²) in [7, 11) is -3.42. The maximum Gasteiger partial charge on any atom is 0.243 e. The predicted molar refractivity (Wildman–Crippen MR) is 79.4 cm³/mol. The van der Waals surface area contributed by atoms with Crippen LogP contribution in [0.4, 0.5) is 0 Å². The van der Waals surface area contributed by atoms with Gasteiger partial charge in [0.1, 0.15) is 0 Å². The van der Waals surface area contributed by atoms with Crippen LogP contribution in [0.5, 0.6) is 0 Å². The highest BCUT2D eigenvalue weighted by molar-refractivity contribution is 9.10. The summed E-state index contributed by atoms with van der Waals surface area (Å²) < 4.78 is 27.8. The summed E-state index contributed by atoms with van der Waals surface area (Å²) in [4.78, 5) is 0.357. The second kappa shape index (κ2) is 5.52. The second-order valence-corrected chi connectivity index (χ2v) is 7.91. The Balaban J connectivity index is 2.34. The van der Waals surface area contributed by atoms with E-state index in [2.05, 4.69) is 15.9 Å². The number of piperidine rings is 1. The van der Waals surface area contributed by atoms with Crippen LogP contribution in [0, 0.1) is 6.92 Å². The van der Waals surface area contributed by atoms with Gasteiger partial charge < -0.3 is 5.73 Å². The van der Waals surface area contributed by atoms with Crippen LogP contribution >= 0.6 is 15.9 Å². The third kappa shape index (κ3) is 3.02. The van der Waals surface area contributed by atoms with E-state index >= 15 is 0 Å². The Morgan fingerprint density at radius 1 is 1.42 bits per heavy atom. The first-order valence-electron chi connectivity index (χ1n) is 6.36. The SMILES string of the molecule is Cc1cc(S(=O)(=O)N2CC[C@@H](N)C[C@@H]2C)ccc1Br. The minimum absolute atomic E-state index is 0.0438. The molecule has 1 heterocycles. The van der Waals surface area contributed by atoms with Crippen molar-refractivity contribution in [3.05, 3.63) is 28.2 Å². The molecular formula is C13H19BrN2O2S. The molecule has 1 aromatic rings. The molecule has 1 fully saturated rings. The number of sulfonamides is 1. The molecule has 6 heteroatoms. The van der Waals surface area contributed by atoms with Gasteiger partial charge in [0.25, 0.3) is 0 Å². The van der Waals surface area contributed by atoms with Gasteiger partial charge in [-0.1, -0.05) is 15.9 Å². The molecule has 0 aliphatic carbocycles. The minimum atomic E-state index is -3.42. The van der Waals surface area contributed by atoms with Crippen molar-refractivity contribution in [2.24, 2.45) is 5.73 Å². The summed E-state index contributed by atoms with van der Waals surface area (Å²) in [6, 6.07) is 5.20. The zero-order valence-corrected chi connectivity index (χ0v) is 13.5. The molecule has 1 saturated heterocycles. The van der Waals surface area contributed by atoms with Crippen molar-refractivity contribution in [2.75, 3.05) is 6.54 Å². The van der Waals surface area contributed by atoms with Crippen LogP contribution in [0.2, 0.25) is 0 Å². The molecule has 0 radical (unpaired) electrons. The first-order valence-corrected chi connectivity index (χ1v) is 8.59. The van der Waals surface area contributed by atoms with Gasteiger partial charge in [-0.15, -0.1) is 0 Å². The molecule has 2 N–H and O–H groups in total. The predicted octanol–water partition coefficient (Wildman–Crippen LogP) is 2.26. The Labute approximate surface area is 123 Å². The van der Waals surface area contributed by atoms with Gasteiger partial charge in [0.2, 0.25) is 10.0 Å². The molecule has 0 saturated carbocycles. The van der Waals surface area contributed by atoms with Gasteiger partial charge in [-0.2, -0.15) is 4.31 Å². The zero-order chi connectivity index (χ0) is 14.2. The average Bonchev–Trinajstić information content (AvgIpc) is 2.32. The Bertz CT molecular complexity index is 574. The van der Waals surface area contributed by atoms with E-state index < -0.39 is 10.0 Å². The van der Waals surface area contributed by atoms with Crippen molar-refractivity contribution in [1.82, 2.24) is 4.31 Å². The quantitative estimate of drug-likeness (QED) is 0.893.